The Morgan fingerprint density at radius 2 is 2.17 bits per heavy atom. The highest BCUT2D eigenvalue weighted by Gasteiger charge is 2.23. The number of rotatable bonds is 2. The summed E-state index contributed by atoms with van der Waals surface area (Å²) < 4.78 is 0. The summed E-state index contributed by atoms with van der Waals surface area (Å²) in [5, 5.41) is 4.27. The minimum atomic E-state index is -0.0236. The first kappa shape index (κ1) is 11.4. The predicted octanol–water partition coefficient (Wildman–Crippen LogP) is 2.56. The Morgan fingerprint density at radius 1 is 1.22 bits per heavy atom. The highest BCUT2D eigenvalue weighted by molar-refractivity contribution is 6.09. The number of carbonyl (C=O) groups excluding carboxylic acids is 1. The molecule has 18 heavy (non-hydrogen) atoms. The molecule has 2 aromatic rings. The molecule has 1 saturated heterocycles. The summed E-state index contributed by atoms with van der Waals surface area (Å²) in [7, 11) is 0. The van der Waals surface area contributed by atoms with E-state index in [-0.39, 0.29) is 11.8 Å². The second-order valence-corrected chi connectivity index (χ2v) is 4.74. The van der Waals surface area contributed by atoms with Crippen LogP contribution in [0, 0.1) is 0 Å². The monoisotopic (exact) mass is 240 g/mol. The number of Topliss-reactive ketones (excluding diaryl/α,β-unsaturated/α-hetero) is 1. The summed E-state index contributed by atoms with van der Waals surface area (Å²) in [6.45, 7) is 0.944. The van der Waals surface area contributed by atoms with E-state index in [9.17, 15) is 4.79 Å². The predicted molar refractivity (Wildman–Crippen MR) is 71.7 cm³/mol. The van der Waals surface area contributed by atoms with Crippen molar-refractivity contribution in [1.29, 1.82) is 0 Å². The maximum atomic E-state index is 12.5. The Bertz CT molecular complexity index is 568. The maximum Gasteiger partial charge on any atom is 0.180 e. The summed E-state index contributed by atoms with van der Waals surface area (Å²) in [5.41, 5.74) is 1.68. The first-order valence-electron chi connectivity index (χ1n) is 6.47. The van der Waals surface area contributed by atoms with E-state index < -0.39 is 0 Å². The van der Waals surface area contributed by atoms with Crippen molar-refractivity contribution in [1.82, 2.24) is 10.3 Å². The molecule has 0 amide bonds. The summed E-state index contributed by atoms with van der Waals surface area (Å²) in [5.74, 6) is 0.202. The lowest BCUT2D eigenvalue weighted by molar-refractivity contribution is 0.0929. The lowest BCUT2D eigenvalue weighted by Crippen LogP contribution is -2.40. The molecule has 0 spiro atoms. The summed E-state index contributed by atoms with van der Waals surface area (Å²) in [6.07, 6.45) is 5.00. The molecule has 1 aliphatic heterocycles. The Morgan fingerprint density at radius 3 is 3.00 bits per heavy atom. The number of nitrogens with one attached hydrogen (secondary N) is 1. The molecule has 0 aliphatic carbocycles. The molecule has 0 bridgehead atoms. The van der Waals surface area contributed by atoms with E-state index in [1.807, 2.05) is 30.3 Å². The third kappa shape index (κ3) is 2.02. The minimum absolute atomic E-state index is 0.0236. The van der Waals surface area contributed by atoms with Gasteiger partial charge in [0.1, 0.15) is 0 Å². The smallest absolute Gasteiger partial charge is 0.180 e. The van der Waals surface area contributed by atoms with Crippen LogP contribution < -0.4 is 5.32 Å². The van der Waals surface area contributed by atoms with Gasteiger partial charge in [0.25, 0.3) is 0 Å². The number of ketones is 1. The average Bonchev–Trinajstić information content (AvgIpc) is 2.47. The van der Waals surface area contributed by atoms with Crippen LogP contribution in [0.25, 0.3) is 10.9 Å². The van der Waals surface area contributed by atoms with E-state index in [4.69, 9.17) is 0 Å². The van der Waals surface area contributed by atoms with Gasteiger partial charge in [-0.05, 0) is 31.5 Å². The van der Waals surface area contributed by atoms with Gasteiger partial charge in [0.15, 0.2) is 5.78 Å². The van der Waals surface area contributed by atoms with E-state index >= 15 is 0 Å². The van der Waals surface area contributed by atoms with Crippen molar-refractivity contribution in [2.75, 3.05) is 6.54 Å². The number of pyridine rings is 1. The van der Waals surface area contributed by atoms with Crippen LogP contribution in [0.1, 0.15) is 29.6 Å². The molecule has 0 saturated carbocycles. The number of nitrogens with zero attached hydrogens (tertiary/aromatic N) is 1. The molecule has 1 N–H and O–H groups in total. The number of benzene rings is 1. The van der Waals surface area contributed by atoms with Crippen LogP contribution in [0.3, 0.4) is 0 Å². The highest BCUT2D eigenvalue weighted by atomic mass is 16.1. The fourth-order valence-electron chi connectivity index (χ4n) is 2.58. The standard InChI is InChI=1S/C15H16N2O/c18-15(14-7-1-2-9-17-14)12-5-3-8-13-11(12)6-4-10-16-13/h3-6,8,10,14,17H,1-2,7,9H2. The van der Waals surface area contributed by atoms with Crippen LogP contribution in [0.5, 0.6) is 0 Å². The third-order valence-electron chi connectivity index (χ3n) is 3.54. The molecule has 1 unspecified atom stereocenters. The zero-order chi connectivity index (χ0) is 12.4. The summed E-state index contributed by atoms with van der Waals surface area (Å²) in [4.78, 5) is 16.8. The molecular weight excluding hydrogens is 224 g/mol. The first-order chi connectivity index (χ1) is 8.86. The Kier molecular flexibility index (Phi) is 3.07. The highest BCUT2D eigenvalue weighted by Crippen LogP contribution is 2.20. The first-order valence-corrected chi connectivity index (χ1v) is 6.47. The van der Waals surface area contributed by atoms with Crippen molar-refractivity contribution < 1.29 is 4.79 Å². The number of hydrogen-bond acceptors (Lipinski definition) is 3. The largest absolute Gasteiger partial charge is 0.307 e. The zero-order valence-corrected chi connectivity index (χ0v) is 10.2. The van der Waals surface area contributed by atoms with Crippen molar-refractivity contribution in [3.05, 3.63) is 42.1 Å². The third-order valence-corrected chi connectivity index (χ3v) is 3.54. The normalized spacial score (nSPS) is 19.9. The number of fused-ring (bicyclic) bond motifs is 1. The van der Waals surface area contributed by atoms with E-state index in [2.05, 4.69) is 10.3 Å². The number of aromatic nitrogens is 1. The van der Waals surface area contributed by atoms with Crippen molar-refractivity contribution in [3.63, 3.8) is 0 Å². The quantitative estimate of drug-likeness (QED) is 0.820. The fraction of sp³-hybridized carbons (Fsp3) is 0.333. The molecule has 1 atom stereocenters. The van der Waals surface area contributed by atoms with Crippen LogP contribution in [0.15, 0.2) is 36.5 Å². The van der Waals surface area contributed by atoms with Gasteiger partial charge in [0, 0.05) is 17.1 Å². The van der Waals surface area contributed by atoms with Crippen LogP contribution in [0.4, 0.5) is 0 Å². The van der Waals surface area contributed by atoms with Gasteiger partial charge in [0.05, 0.1) is 11.6 Å². The molecule has 92 valence electrons. The number of piperidine rings is 1. The Labute approximate surface area is 106 Å². The van der Waals surface area contributed by atoms with Gasteiger partial charge < -0.3 is 5.32 Å². The average molecular weight is 240 g/mol. The summed E-state index contributed by atoms with van der Waals surface area (Å²) >= 11 is 0. The fourth-order valence-corrected chi connectivity index (χ4v) is 2.58. The molecule has 3 rings (SSSR count). The van der Waals surface area contributed by atoms with Crippen LogP contribution >= 0.6 is 0 Å². The van der Waals surface area contributed by atoms with Gasteiger partial charge in [-0.1, -0.05) is 24.6 Å². The van der Waals surface area contributed by atoms with Gasteiger partial charge in [-0.15, -0.1) is 0 Å². The molecule has 3 heteroatoms. The van der Waals surface area contributed by atoms with Gasteiger partial charge >= 0.3 is 0 Å². The van der Waals surface area contributed by atoms with Crippen molar-refractivity contribution in [2.45, 2.75) is 25.3 Å². The van der Waals surface area contributed by atoms with Gasteiger partial charge in [-0.2, -0.15) is 0 Å². The van der Waals surface area contributed by atoms with Crippen molar-refractivity contribution >= 4 is 16.7 Å². The number of hydrogen-bond donors (Lipinski definition) is 1. The molecule has 2 heterocycles. The van der Waals surface area contributed by atoms with E-state index in [0.717, 1.165) is 35.9 Å². The molecule has 1 fully saturated rings. The van der Waals surface area contributed by atoms with E-state index in [1.54, 1.807) is 6.20 Å². The van der Waals surface area contributed by atoms with Crippen LogP contribution in [0.2, 0.25) is 0 Å². The molecule has 1 aromatic heterocycles. The van der Waals surface area contributed by atoms with Gasteiger partial charge in [-0.25, -0.2) is 0 Å². The Balaban J connectivity index is 2.00. The second-order valence-electron chi connectivity index (χ2n) is 4.74. The van der Waals surface area contributed by atoms with Crippen molar-refractivity contribution in [3.8, 4) is 0 Å². The molecule has 3 nitrogen and oxygen atoms in total. The minimum Gasteiger partial charge on any atom is -0.307 e. The lowest BCUT2D eigenvalue weighted by atomic mass is 9.94. The molecular formula is C15H16N2O. The topological polar surface area (TPSA) is 42.0 Å². The molecule has 1 aromatic carbocycles. The van der Waals surface area contributed by atoms with Crippen LogP contribution in [-0.4, -0.2) is 23.4 Å². The summed E-state index contributed by atoms with van der Waals surface area (Å²) in [6, 6.07) is 9.59. The maximum absolute atomic E-state index is 12.5. The van der Waals surface area contributed by atoms with E-state index in [1.165, 1.54) is 6.42 Å². The van der Waals surface area contributed by atoms with Gasteiger partial charge in [0.2, 0.25) is 0 Å². The molecule has 0 radical (unpaired) electrons. The van der Waals surface area contributed by atoms with Crippen molar-refractivity contribution in [2.24, 2.45) is 0 Å². The van der Waals surface area contributed by atoms with Gasteiger partial charge in [-0.3, -0.25) is 9.78 Å². The van der Waals surface area contributed by atoms with E-state index in [0.29, 0.717) is 0 Å². The SMILES string of the molecule is O=C(c1cccc2ncccc12)C1CCCCN1. The molecule has 1 aliphatic rings. The lowest BCUT2D eigenvalue weighted by Gasteiger charge is -2.22. The Hall–Kier alpha value is -1.74. The van der Waals surface area contributed by atoms with Crippen LogP contribution in [-0.2, 0) is 0 Å². The second kappa shape index (κ2) is 4.86. The number of carbonyl (C=O) groups is 1. The zero-order valence-electron chi connectivity index (χ0n) is 10.2.